The largest absolute Gasteiger partial charge is 0.444 e. The maximum atomic E-state index is 14.1. The summed E-state index contributed by atoms with van der Waals surface area (Å²) in [6, 6.07) is 12.3. The molecule has 208 valence electrons. The fraction of sp³-hybridized carbons (Fsp3) is 0.516. The molecule has 2 aromatic carbocycles. The number of aryl methyl sites for hydroxylation is 3. The summed E-state index contributed by atoms with van der Waals surface area (Å²) in [7, 11) is 0. The number of ether oxygens (including phenoxy) is 1. The molecular formula is C31H45N3O4. The van der Waals surface area contributed by atoms with Gasteiger partial charge < -0.3 is 20.3 Å². The molecule has 0 saturated heterocycles. The van der Waals surface area contributed by atoms with Gasteiger partial charge in [-0.15, -0.1) is 0 Å². The lowest BCUT2D eigenvalue weighted by molar-refractivity contribution is -0.141. The third kappa shape index (κ3) is 8.89. The highest BCUT2D eigenvalue weighted by Gasteiger charge is 2.36. The van der Waals surface area contributed by atoms with Crippen LogP contribution in [0.3, 0.4) is 0 Å². The van der Waals surface area contributed by atoms with Gasteiger partial charge in [0.2, 0.25) is 5.91 Å². The molecule has 0 aromatic heterocycles. The minimum Gasteiger partial charge on any atom is -0.444 e. The number of anilines is 1. The van der Waals surface area contributed by atoms with Gasteiger partial charge in [-0.1, -0.05) is 56.3 Å². The Hall–Kier alpha value is -3.35. The second-order valence-corrected chi connectivity index (χ2v) is 11.5. The number of amides is 3. The van der Waals surface area contributed by atoms with Crippen molar-refractivity contribution < 1.29 is 19.1 Å². The normalized spacial score (nSPS) is 13.0. The molecule has 0 aliphatic rings. The van der Waals surface area contributed by atoms with Crippen molar-refractivity contribution in [3.05, 3.63) is 64.7 Å². The van der Waals surface area contributed by atoms with Crippen LogP contribution < -0.4 is 10.6 Å². The summed E-state index contributed by atoms with van der Waals surface area (Å²) >= 11 is 0. The van der Waals surface area contributed by atoms with Gasteiger partial charge in [-0.2, -0.15) is 0 Å². The number of nitrogens with one attached hydrogen (secondary N) is 2. The smallest absolute Gasteiger partial charge is 0.408 e. The van der Waals surface area contributed by atoms with Crippen molar-refractivity contribution in [3.63, 3.8) is 0 Å². The average molecular weight is 524 g/mol. The molecule has 3 amide bonds. The van der Waals surface area contributed by atoms with E-state index in [0.29, 0.717) is 5.92 Å². The quantitative estimate of drug-likeness (QED) is 0.374. The van der Waals surface area contributed by atoms with E-state index in [4.69, 9.17) is 4.74 Å². The van der Waals surface area contributed by atoms with E-state index in [9.17, 15) is 14.4 Å². The van der Waals surface area contributed by atoms with E-state index in [1.54, 1.807) is 25.7 Å². The summed E-state index contributed by atoms with van der Waals surface area (Å²) in [5.74, 6) is -0.203. The van der Waals surface area contributed by atoms with Gasteiger partial charge in [0.25, 0.3) is 5.91 Å². The van der Waals surface area contributed by atoms with Crippen LogP contribution in [0.1, 0.15) is 82.7 Å². The number of benzene rings is 2. The summed E-state index contributed by atoms with van der Waals surface area (Å²) in [6.45, 7) is 17.1. The fourth-order valence-corrected chi connectivity index (χ4v) is 4.43. The van der Waals surface area contributed by atoms with Crippen molar-refractivity contribution in [2.45, 2.75) is 92.8 Å². The third-order valence-electron chi connectivity index (χ3n) is 6.45. The number of rotatable bonds is 10. The Morgan fingerprint density at radius 2 is 1.45 bits per heavy atom. The molecule has 0 aliphatic carbocycles. The number of carbonyl (C=O) groups is 3. The Morgan fingerprint density at radius 3 is 2.00 bits per heavy atom. The fourth-order valence-electron chi connectivity index (χ4n) is 4.43. The van der Waals surface area contributed by atoms with Gasteiger partial charge in [-0.05, 0) is 89.5 Å². The van der Waals surface area contributed by atoms with Crippen molar-refractivity contribution in [1.29, 1.82) is 0 Å². The van der Waals surface area contributed by atoms with Crippen molar-refractivity contribution in [2.75, 3.05) is 11.9 Å². The summed E-state index contributed by atoms with van der Waals surface area (Å²) in [5, 5.41) is 5.69. The average Bonchev–Trinajstić information content (AvgIpc) is 2.81. The topological polar surface area (TPSA) is 87.7 Å². The molecule has 7 heteroatoms. The van der Waals surface area contributed by atoms with E-state index < -0.39 is 17.7 Å². The summed E-state index contributed by atoms with van der Waals surface area (Å²) < 4.78 is 5.32. The molecule has 2 N–H and O–H groups in total. The van der Waals surface area contributed by atoms with Gasteiger partial charge in [0.1, 0.15) is 18.2 Å². The summed E-state index contributed by atoms with van der Waals surface area (Å²) in [5.41, 5.74) is 3.59. The van der Waals surface area contributed by atoms with Crippen LogP contribution in [0.2, 0.25) is 0 Å². The second kappa shape index (κ2) is 13.4. The lowest BCUT2D eigenvalue weighted by atomic mass is 9.95. The molecule has 2 atom stereocenters. The van der Waals surface area contributed by atoms with Gasteiger partial charge in [0, 0.05) is 11.7 Å². The molecule has 0 radical (unpaired) electrons. The predicted octanol–water partition coefficient (Wildman–Crippen LogP) is 6.47. The third-order valence-corrected chi connectivity index (χ3v) is 6.45. The highest BCUT2D eigenvalue weighted by molar-refractivity contribution is 5.99. The first-order valence-electron chi connectivity index (χ1n) is 13.4. The molecule has 0 aliphatic heterocycles. The number of hydrogen-bond donors (Lipinski definition) is 2. The van der Waals surface area contributed by atoms with Crippen molar-refractivity contribution >= 4 is 23.6 Å². The van der Waals surface area contributed by atoms with Gasteiger partial charge >= 0.3 is 6.09 Å². The maximum absolute atomic E-state index is 14.1. The molecule has 2 rings (SSSR count). The monoisotopic (exact) mass is 523 g/mol. The predicted molar refractivity (Wildman–Crippen MR) is 153 cm³/mol. The number of para-hydroxylation sites is 1. The first-order valence-corrected chi connectivity index (χ1v) is 13.4. The van der Waals surface area contributed by atoms with Gasteiger partial charge in [0.15, 0.2) is 0 Å². The number of carbonyl (C=O) groups excluding carboxylic acids is 3. The van der Waals surface area contributed by atoms with Crippen LogP contribution in [-0.2, 0) is 14.3 Å². The van der Waals surface area contributed by atoms with Crippen LogP contribution in [0.15, 0.2) is 42.5 Å². The van der Waals surface area contributed by atoms with Crippen molar-refractivity contribution in [3.8, 4) is 0 Å². The number of hydrogen-bond acceptors (Lipinski definition) is 4. The molecule has 2 aromatic rings. The summed E-state index contributed by atoms with van der Waals surface area (Å²) in [4.78, 5) is 41.8. The van der Waals surface area contributed by atoms with Gasteiger partial charge in [-0.3, -0.25) is 9.59 Å². The minimum atomic E-state index is -0.884. The second-order valence-electron chi connectivity index (χ2n) is 11.5. The van der Waals surface area contributed by atoms with E-state index in [0.717, 1.165) is 40.8 Å². The van der Waals surface area contributed by atoms with Gasteiger partial charge in [0.05, 0.1) is 0 Å². The molecule has 0 heterocycles. The Balaban J connectivity index is 2.51. The highest BCUT2D eigenvalue weighted by atomic mass is 16.6. The van der Waals surface area contributed by atoms with E-state index in [2.05, 4.69) is 24.5 Å². The zero-order chi connectivity index (χ0) is 28.6. The summed E-state index contributed by atoms with van der Waals surface area (Å²) in [6.07, 6.45) is 0.936. The Morgan fingerprint density at radius 1 is 0.868 bits per heavy atom. The number of nitrogens with zero attached hydrogens (tertiary/aromatic N) is 1. The van der Waals surface area contributed by atoms with E-state index in [-0.39, 0.29) is 24.4 Å². The molecule has 0 bridgehead atoms. The zero-order valence-corrected chi connectivity index (χ0v) is 24.5. The SMILES string of the molecule is Cc1ccccc1C(C(=O)Nc1c(C)cccc1C)N(C(=O)CNC(=O)OC(C)(C)C)C(C)CCC(C)C. The first-order chi connectivity index (χ1) is 17.7. The molecule has 2 unspecified atom stereocenters. The maximum Gasteiger partial charge on any atom is 0.408 e. The van der Waals surface area contributed by atoms with E-state index >= 15 is 0 Å². The van der Waals surface area contributed by atoms with Gasteiger partial charge in [-0.25, -0.2) is 4.79 Å². The Kier molecular flexibility index (Phi) is 10.9. The molecule has 7 nitrogen and oxygen atoms in total. The van der Waals surface area contributed by atoms with Crippen LogP contribution in [0.25, 0.3) is 0 Å². The standard InChI is InChI=1S/C31H45N3O4/c1-20(2)17-18-24(6)34(26(35)19-32-30(37)38-31(7,8)9)28(25-16-11-10-13-21(25)3)29(36)33-27-22(4)14-12-15-23(27)5/h10-16,20,24,28H,17-19H2,1-9H3,(H,32,37)(H,33,36). The van der Waals surface area contributed by atoms with E-state index in [1.165, 1.54) is 0 Å². The minimum absolute atomic E-state index is 0.251. The highest BCUT2D eigenvalue weighted by Crippen LogP contribution is 2.31. The molecule has 38 heavy (non-hydrogen) atoms. The molecule has 0 spiro atoms. The lowest BCUT2D eigenvalue weighted by Gasteiger charge is -2.37. The van der Waals surface area contributed by atoms with Crippen LogP contribution in [0, 0.1) is 26.7 Å². The molecule has 0 fully saturated rings. The van der Waals surface area contributed by atoms with Crippen molar-refractivity contribution in [1.82, 2.24) is 10.2 Å². The van der Waals surface area contributed by atoms with Crippen LogP contribution in [0.5, 0.6) is 0 Å². The Labute approximate surface area is 228 Å². The zero-order valence-electron chi connectivity index (χ0n) is 24.5. The molecule has 0 saturated carbocycles. The Bertz CT molecular complexity index is 1100. The van der Waals surface area contributed by atoms with Crippen LogP contribution in [0.4, 0.5) is 10.5 Å². The first kappa shape index (κ1) is 30.9. The number of alkyl carbamates (subject to hydrolysis) is 1. The van der Waals surface area contributed by atoms with Crippen molar-refractivity contribution in [2.24, 2.45) is 5.92 Å². The van der Waals surface area contributed by atoms with Crippen LogP contribution >= 0.6 is 0 Å². The van der Waals surface area contributed by atoms with Crippen LogP contribution in [-0.4, -0.2) is 41.0 Å². The molecular weight excluding hydrogens is 478 g/mol. The lowest BCUT2D eigenvalue weighted by Crippen LogP contribution is -2.50. The van der Waals surface area contributed by atoms with E-state index in [1.807, 2.05) is 70.2 Å².